The molecular weight excluding hydrogens is 485 g/mol. The molecule has 0 heterocycles. The molecule has 4 rings (SSSR count). The van der Waals surface area contributed by atoms with Gasteiger partial charge in [-0.25, -0.2) is 22.0 Å². The molecule has 0 bridgehead atoms. The zero-order valence-corrected chi connectivity index (χ0v) is 19.6. The van der Waals surface area contributed by atoms with Crippen LogP contribution >= 0.6 is 0 Å². The summed E-state index contributed by atoms with van der Waals surface area (Å²) in [5.74, 6) is -9.30. The number of hydrogen-bond donors (Lipinski definition) is 0. The first-order valence-electron chi connectivity index (χ1n) is 11.9. The van der Waals surface area contributed by atoms with Crippen molar-refractivity contribution >= 4 is 0 Å². The molecule has 3 aromatic carbocycles. The molecule has 1 aliphatic rings. The van der Waals surface area contributed by atoms with Gasteiger partial charge in [-0.05, 0) is 66.8 Å². The lowest BCUT2D eigenvalue weighted by atomic mass is 9.77. The van der Waals surface area contributed by atoms with Gasteiger partial charge in [0.15, 0.2) is 17.5 Å². The Bertz CT molecular complexity index is 1170. The van der Waals surface area contributed by atoms with E-state index in [9.17, 15) is 30.7 Å². The molecule has 36 heavy (non-hydrogen) atoms. The smallest absolute Gasteiger partial charge is 0.400 e. The topological polar surface area (TPSA) is 9.23 Å². The second-order valence-corrected chi connectivity index (χ2v) is 9.21. The predicted octanol–water partition coefficient (Wildman–Crippen LogP) is 8.95. The standard InChI is InChI=1S/C28H25F7O/c1-2-3-16-4-6-17(7-5-16)19-12-22(29)26(23(30)13-19)18-8-10-20(11-9-18)28(34,35)36-21-14-24(31)27(33)25(32)15-21/h4-7,12-15,18,20H,2-3,8-11H2,1H3. The van der Waals surface area contributed by atoms with Crippen molar-refractivity contribution < 1.29 is 35.5 Å². The monoisotopic (exact) mass is 510 g/mol. The van der Waals surface area contributed by atoms with Crippen LogP contribution in [0.3, 0.4) is 0 Å². The van der Waals surface area contributed by atoms with Crippen LogP contribution in [0, 0.1) is 35.0 Å². The number of alkyl halides is 2. The summed E-state index contributed by atoms with van der Waals surface area (Å²) in [6.07, 6.45) is -1.99. The summed E-state index contributed by atoms with van der Waals surface area (Å²) in [4.78, 5) is 0. The van der Waals surface area contributed by atoms with Crippen molar-refractivity contribution in [3.63, 3.8) is 0 Å². The van der Waals surface area contributed by atoms with E-state index in [1.165, 1.54) is 12.1 Å². The molecule has 0 N–H and O–H groups in total. The number of ether oxygens (including phenoxy) is 1. The number of rotatable bonds is 7. The van der Waals surface area contributed by atoms with E-state index in [4.69, 9.17) is 0 Å². The van der Waals surface area contributed by atoms with Gasteiger partial charge in [0.05, 0.1) is 5.92 Å². The third-order valence-electron chi connectivity index (χ3n) is 6.73. The van der Waals surface area contributed by atoms with E-state index in [-0.39, 0.29) is 31.2 Å². The average molecular weight is 510 g/mol. The molecule has 0 aromatic heterocycles. The van der Waals surface area contributed by atoms with E-state index in [0.717, 1.165) is 18.4 Å². The molecule has 3 aromatic rings. The Morgan fingerprint density at radius 3 is 1.83 bits per heavy atom. The van der Waals surface area contributed by atoms with Crippen LogP contribution in [0.4, 0.5) is 30.7 Å². The Labute approximate surface area is 204 Å². The van der Waals surface area contributed by atoms with Gasteiger partial charge in [0.2, 0.25) is 0 Å². The number of hydrogen-bond acceptors (Lipinski definition) is 1. The van der Waals surface area contributed by atoms with Gasteiger partial charge in [-0.3, -0.25) is 0 Å². The van der Waals surface area contributed by atoms with Crippen LogP contribution in [0.15, 0.2) is 48.5 Å². The van der Waals surface area contributed by atoms with Crippen molar-refractivity contribution in [3.05, 3.63) is 88.7 Å². The molecule has 0 unspecified atom stereocenters. The van der Waals surface area contributed by atoms with E-state index >= 15 is 0 Å². The van der Waals surface area contributed by atoms with Crippen LogP contribution in [0.2, 0.25) is 0 Å². The number of halogens is 7. The van der Waals surface area contributed by atoms with Crippen molar-refractivity contribution in [2.75, 3.05) is 0 Å². The van der Waals surface area contributed by atoms with Gasteiger partial charge in [-0.2, -0.15) is 8.78 Å². The van der Waals surface area contributed by atoms with Crippen LogP contribution in [-0.4, -0.2) is 6.11 Å². The van der Waals surface area contributed by atoms with Crippen molar-refractivity contribution in [2.45, 2.75) is 57.5 Å². The molecular formula is C28H25F7O. The fourth-order valence-corrected chi connectivity index (χ4v) is 4.84. The number of benzene rings is 3. The van der Waals surface area contributed by atoms with Gasteiger partial charge in [-0.1, -0.05) is 37.6 Å². The van der Waals surface area contributed by atoms with Crippen LogP contribution < -0.4 is 4.74 Å². The first-order valence-corrected chi connectivity index (χ1v) is 11.9. The maximum absolute atomic E-state index is 15.0. The first kappa shape index (κ1) is 26.0. The maximum atomic E-state index is 15.0. The van der Waals surface area contributed by atoms with E-state index in [1.54, 1.807) is 0 Å². The fourth-order valence-electron chi connectivity index (χ4n) is 4.84. The Hall–Kier alpha value is -3.03. The van der Waals surface area contributed by atoms with Crippen molar-refractivity contribution in [1.29, 1.82) is 0 Å². The fraction of sp³-hybridized carbons (Fsp3) is 0.357. The Morgan fingerprint density at radius 2 is 1.31 bits per heavy atom. The number of aryl methyl sites for hydroxylation is 1. The summed E-state index contributed by atoms with van der Waals surface area (Å²) in [5, 5.41) is 0. The molecule has 0 saturated heterocycles. The van der Waals surface area contributed by atoms with E-state index < -0.39 is 52.8 Å². The van der Waals surface area contributed by atoms with Crippen LogP contribution in [0.1, 0.15) is 56.1 Å². The summed E-state index contributed by atoms with van der Waals surface area (Å²) in [7, 11) is 0. The third kappa shape index (κ3) is 5.52. The summed E-state index contributed by atoms with van der Waals surface area (Å²) in [6.45, 7) is 2.06. The largest absolute Gasteiger partial charge is 0.432 e. The maximum Gasteiger partial charge on any atom is 0.400 e. The minimum atomic E-state index is -3.80. The highest BCUT2D eigenvalue weighted by atomic mass is 19.3. The van der Waals surface area contributed by atoms with E-state index in [2.05, 4.69) is 11.7 Å². The van der Waals surface area contributed by atoms with Crippen LogP contribution in [-0.2, 0) is 6.42 Å². The molecule has 1 saturated carbocycles. The summed E-state index contributed by atoms with van der Waals surface area (Å²) in [5.41, 5.74) is 2.07. The van der Waals surface area contributed by atoms with Gasteiger partial charge in [0.1, 0.15) is 17.4 Å². The second kappa shape index (κ2) is 10.5. The Kier molecular flexibility index (Phi) is 7.62. The zero-order valence-electron chi connectivity index (χ0n) is 19.6. The van der Waals surface area contributed by atoms with E-state index in [0.29, 0.717) is 23.3 Å². The van der Waals surface area contributed by atoms with Gasteiger partial charge >= 0.3 is 6.11 Å². The van der Waals surface area contributed by atoms with Crippen molar-refractivity contribution in [2.24, 2.45) is 5.92 Å². The Balaban J connectivity index is 1.45. The van der Waals surface area contributed by atoms with Gasteiger partial charge < -0.3 is 4.74 Å². The molecule has 1 nitrogen and oxygen atoms in total. The minimum Gasteiger partial charge on any atom is -0.432 e. The first-order chi connectivity index (χ1) is 17.1. The zero-order chi connectivity index (χ0) is 26.0. The molecule has 0 aliphatic heterocycles. The SMILES string of the molecule is CCCc1ccc(-c2cc(F)c(C3CCC(C(F)(F)Oc4cc(F)c(F)c(F)c4)CC3)c(F)c2)cc1. The molecule has 1 fully saturated rings. The molecule has 0 amide bonds. The van der Waals surface area contributed by atoms with Crippen molar-refractivity contribution in [1.82, 2.24) is 0 Å². The molecule has 1 aliphatic carbocycles. The third-order valence-corrected chi connectivity index (χ3v) is 6.73. The second-order valence-electron chi connectivity index (χ2n) is 9.21. The van der Waals surface area contributed by atoms with Gasteiger partial charge in [0.25, 0.3) is 0 Å². The summed E-state index contributed by atoms with van der Waals surface area (Å²) in [6, 6.07) is 10.7. The molecule has 0 atom stereocenters. The quantitative estimate of drug-likeness (QED) is 0.228. The van der Waals surface area contributed by atoms with E-state index in [1.807, 2.05) is 24.3 Å². The summed E-state index contributed by atoms with van der Waals surface area (Å²) < 4.78 is 104. The lowest BCUT2D eigenvalue weighted by Gasteiger charge is -2.33. The molecule has 8 heteroatoms. The lowest BCUT2D eigenvalue weighted by Crippen LogP contribution is -2.37. The van der Waals surface area contributed by atoms with Gasteiger partial charge in [0, 0.05) is 17.7 Å². The highest BCUT2D eigenvalue weighted by Crippen LogP contribution is 2.45. The molecule has 0 spiro atoms. The van der Waals surface area contributed by atoms with Gasteiger partial charge in [-0.15, -0.1) is 0 Å². The highest BCUT2D eigenvalue weighted by Gasteiger charge is 2.45. The lowest BCUT2D eigenvalue weighted by molar-refractivity contribution is -0.222. The van der Waals surface area contributed by atoms with Crippen molar-refractivity contribution in [3.8, 4) is 16.9 Å². The minimum absolute atomic E-state index is 0.0780. The van der Waals surface area contributed by atoms with Crippen LogP contribution in [0.25, 0.3) is 11.1 Å². The molecule has 0 radical (unpaired) electrons. The normalized spacial score (nSPS) is 18.3. The average Bonchev–Trinajstić information content (AvgIpc) is 2.83. The highest BCUT2D eigenvalue weighted by molar-refractivity contribution is 5.64. The summed E-state index contributed by atoms with van der Waals surface area (Å²) >= 11 is 0. The predicted molar refractivity (Wildman–Crippen MR) is 122 cm³/mol. The Morgan fingerprint density at radius 1 is 0.750 bits per heavy atom. The van der Waals surface area contributed by atoms with Crippen LogP contribution in [0.5, 0.6) is 5.75 Å². The molecule has 192 valence electrons.